The van der Waals surface area contributed by atoms with Gasteiger partial charge in [-0.15, -0.1) is 0 Å². The maximum absolute atomic E-state index is 5.71. The molecule has 1 aliphatic heterocycles. The van der Waals surface area contributed by atoms with Crippen LogP contribution in [0.1, 0.15) is 29.5 Å². The summed E-state index contributed by atoms with van der Waals surface area (Å²) in [6.45, 7) is 3.35. The van der Waals surface area contributed by atoms with E-state index in [1.165, 1.54) is 44.3 Å². The van der Waals surface area contributed by atoms with Crippen LogP contribution in [0.25, 0.3) is 0 Å². The van der Waals surface area contributed by atoms with Gasteiger partial charge in [-0.05, 0) is 74.2 Å². The number of piperidine rings is 1. The summed E-state index contributed by atoms with van der Waals surface area (Å²) in [4.78, 5) is 13.5. The fourth-order valence-corrected chi connectivity index (χ4v) is 4.99. The largest absolute Gasteiger partial charge is 0.424 e. The molecule has 0 bridgehead atoms. The third-order valence-corrected chi connectivity index (χ3v) is 6.70. The molecule has 5 nitrogen and oxygen atoms in total. The van der Waals surface area contributed by atoms with Crippen molar-refractivity contribution in [1.29, 1.82) is 0 Å². The third-order valence-electron chi connectivity index (χ3n) is 6.70. The molecule has 1 atom stereocenters. The van der Waals surface area contributed by atoms with Crippen LogP contribution in [0.2, 0.25) is 0 Å². The molecule has 31 heavy (non-hydrogen) atoms. The Morgan fingerprint density at radius 3 is 2.39 bits per heavy atom. The second-order valence-electron chi connectivity index (χ2n) is 8.81. The van der Waals surface area contributed by atoms with Gasteiger partial charge in [0.15, 0.2) is 0 Å². The van der Waals surface area contributed by atoms with E-state index in [1.807, 2.05) is 12.1 Å². The molecule has 0 spiro atoms. The molecule has 0 radical (unpaired) electrons. The summed E-state index contributed by atoms with van der Waals surface area (Å²) in [6, 6.07) is 20.7. The number of hydrogen-bond acceptors (Lipinski definition) is 5. The van der Waals surface area contributed by atoms with Crippen LogP contribution in [0.5, 0.6) is 11.8 Å². The van der Waals surface area contributed by atoms with Crippen LogP contribution in [0.3, 0.4) is 0 Å². The number of ether oxygens (including phenoxy) is 1. The maximum atomic E-state index is 5.71. The van der Waals surface area contributed by atoms with Crippen molar-refractivity contribution in [3.8, 4) is 11.8 Å². The minimum atomic E-state index is 0.378. The summed E-state index contributed by atoms with van der Waals surface area (Å²) in [5, 5.41) is 0. The maximum Gasteiger partial charge on any atom is 0.321 e. The summed E-state index contributed by atoms with van der Waals surface area (Å²) in [7, 11) is 2.26. The van der Waals surface area contributed by atoms with E-state index in [0.29, 0.717) is 18.1 Å². The van der Waals surface area contributed by atoms with Crippen molar-refractivity contribution in [2.75, 3.05) is 20.1 Å². The third kappa shape index (κ3) is 4.78. The zero-order chi connectivity index (χ0) is 21.0. The van der Waals surface area contributed by atoms with Crippen LogP contribution in [0.4, 0.5) is 0 Å². The summed E-state index contributed by atoms with van der Waals surface area (Å²) in [6.07, 6.45) is 8.34. The van der Waals surface area contributed by atoms with Crippen LogP contribution in [-0.4, -0.2) is 52.0 Å². The molecule has 2 heterocycles. The molecule has 5 rings (SSSR count). The molecule has 1 saturated heterocycles. The summed E-state index contributed by atoms with van der Waals surface area (Å²) >= 11 is 0. The first-order chi connectivity index (χ1) is 15.2. The van der Waals surface area contributed by atoms with Gasteiger partial charge in [-0.3, -0.25) is 9.80 Å². The average Bonchev–Trinajstić information content (AvgIpc) is 3.26. The van der Waals surface area contributed by atoms with Crippen LogP contribution >= 0.6 is 0 Å². The molecular formula is C26H30N4O. The van der Waals surface area contributed by atoms with Crippen molar-refractivity contribution in [3.63, 3.8) is 0 Å². The molecule has 3 aromatic rings. The molecular weight excluding hydrogens is 384 g/mol. The first-order valence-corrected chi connectivity index (χ1v) is 11.3. The Hall–Kier alpha value is -2.76. The Kier molecular flexibility index (Phi) is 5.96. The van der Waals surface area contributed by atoms with Gasteiger partial charge in [-0.2, -0.15) is 0 Å². The molecule has 1 fully saturated rings. The Morgan fingerprint density at radius 1 is 0.968 bits per heavy atom. The van der Waals surface area contributed by atoms with Crippen LogP contribution < -0.4 is 4.74 Å². The Morgan fingerprint density at radius 2 is 1.68 bits per heavy atom. The monoisotopic (exact) mass is 414 g/mol. The zero-order valence-electron chi connectivity index (χ0n) is 18.2. The van der Waals surface area contributed by atoms with Crippen molar-refractivity contribution in [1.82, 2.24) is 19.8 Å². The van der Waals surface area contributed by atoms with Gasteiger partial charge < -0.3 is 4.74 Å². The number of nitrogens with zero attached hydrogens (tertiary/aromatic N) is 4. The SMILES string of the molecule is CN(Cc1ccc(Oc2ncccn2)cc1)C1CCCN(C2Cc3ccccc3C2)C1. The van der Waals surface area contributed by atoms with Gasteiger partial charge in [0, 0.05) is 37.6 Å². The number of hydrogen-bond donors (Lipinski definition) is 0. The Labute approximate surface area is 184 Å². The minimum absolute atomic E-state index is 0.378. The highest BCUT2D eigenvalue weighted by Gasteiger charge is 2.31. The van der Waals surface area contributed by atoms with E-state index in [1.54, 1.807) is 29.6 Å². The molecule has 0 amide bonds. The second-order valence-corrected chi connectivity index (χ2v) is 8.81. The van der Waals surface area contributed by atoms with Gasteiger partial charge in [0.2, 0.25) is 0 Å². The molecule has 2 aromatic carbocycles. The van der Waals surface area contributed by atoms with Crippen molar-refractivity contribution in [2.45, 2.75) is 44.3 Å². The summed E-state index contributed by atoms with van der Waals surface area (Å²) < 4.78 is 5.71. The quantitative estimate of drug-likeness (QED) is 0.600. The van der Waals surface area contributed by atoms with E-state index in [-0.39, 0.29) is 0 Å². The summed E-state index contributed by atoms with van der Waals surface area (Å²) in [5.74, 6) is 0.766. The molecule has 1 unspecified atom stereocenters. The lowest BCUT2D eigenvalue weighted by Crippen LogP contribution is -2.50. The number of likely N-dealkylation sites (N-methyl/N-ethyl adjacent to an activating group) is 1. The highest BCUT2D eigenvalue weighted by molar-refractivity contribution is 5.33. The van der Waals surface area contributed by atoms with E-state index in [2.05, 4.69) is 63.2 Å². The van der Waals surface area contributed by atoms with Crippen molar-refractivity contribution in [2.24, 2.45) is 0 Å². The van der Waals surface area contributed by atoms with Gasteiger partial charge >= 0.3 is 6.01 Å². The second kappa shape index (κ2) is 9.16. The van der Waals surface area contributed by atoms with E-state index in [9.17, 15) is 0 Å². The highest BCUT2D eigenvalue weighted by atomic mass is 16.5. The van der Waals surface area contributed by atoms with Crippen molar-refractivity contribution in [3.05, 3.63) is 83.7 Å². The van der Waals surface area contributed by atoms with E-state index in [4.69, 9.17) is 4.74 Å². The zero-order valence-corrected chi connectivity index (χ0v) is 18.2. The highest BCUT2D eigenvalue weighted by Crippen LogP contribution is 2.28. The fraction of sp³-hybridized carbons (Fsp3) is 0.385. The molecule has 1 aromatic heterocycles. The molecule has 0 N–H and O–H groups in total. The van der Waals surface area contributed by atoms with Crippen molar-refractivity contribution < 1.29 is 4.74 Å². The predicted molar refractivity (Wildman–Crippen MR) is 122 cm³/mol. The lowest BCUT2D eigenvalue weighted by atomic mass is 10.0. The van der Waals surface area contributed by atoms with Gasteiger partial charge in [0.25, 0.3) is 0 Å². The molecule has 1 aliphatic carbocycles. The predicted octanol–water partition coefficient (Wildman–Crippen LogP) is 4.33. The van der Waals surface area contributed by atoms with Crippen LogP contribution in [-0.2, 0) is 19.4 Å². The molecule has 2 aliphatic rings. The Bertz CT molecular complexity index is 967. The number of fused-ring (bicyclic) bond motifs is 1. The fourth-order valence-electron chi connectivity index (χ4n) is 4.99. The topological polar surface area (TPSA) is 41.5 Å². The number of benzene rings is 2. The van der Waals surface area contributed by atoms with Gasteiger partial charge in [0.05, 0.1) is 0 Å². The average molecular weight is 415 g/mol. The van der Waals surface area contributed by atoms with E-state index < -0.39 is 0 Å². The number of rotatable bonds is 6. The Balaban J connectivity index is 1.16. The first-order valence-electron chi connectivity index (χ1n) is 11.3. The lowest BCUT2D eigenvalue weighted by Gasteiger charge is -2.40. The molecule has 0 saturated carbocycles. The van der Waals surface area contributed by atoms with Crippen LogP contribution in [0.15, 0.2) is 67.0 Å². The molecule has 5 heteroatoms. The first kappa shape index (κ1) is 20.2. The van der Waals surface area contributed by atoms with Gasteiger partial charge in [-0.1, -0.05) is 36.4 Å². The van der Waals surface area contributed by atoms with Crippen molar-refractivity contribution >= 4 is 0 Å². The standard InChI is InChI=1S/C26H30N4O/c1-29(18-20-9-11-25(12-10-20)31-26-27-13-5-14-28-26)23-8-4-15-30(19-23)24-16-21-6-2-3-7-22(21)17-24/h2-3,5-7,9-14,23-24H,4,8,15-19H2,1H3. The lowest BCUT2D eigenvalue weighted by molar-refractivity contribution is 0.0835. The van der Waals surface area contributed by atoms with Crippen LogP contribution in [0, 0.1) is 0 Å². The minimum Gasteiger partial charge on any atom is -0.424 e. The van der Waals surface area contributed by atoms with Gasteiger partial charge in [-0.25, -0.2) is 9.97 Å². The number of aromatic nitrogens is 2. The van der Waals surface area contributed by atoms with E-state index >= 15 is 0 Å². The summed E-state index contributed by atoms with van der Waals surface area (Å²) in [5.41, 5.74) is 4.40. The number of likely N-dealkylation sites (tertiary alicyclic amines) is 1. The molecule has 160 valence electrons. The smallest absolute Gasteiger partial charge is 0.321 e. The normalized spacial score (nSPS) is 19.5. The van der Waals surface area contributed by atoms with Gasteiger partial charge in [0.1, 0.15) is 5.75 Å². The van der Waals surface area contributed by atoms with E-state index in [0.717, 1.165) is 12.3 Å².